The fourth-order valence-corrected chi connectivity index (χ4v) is 2.90. The van der Waals surface area contributed by atoms with Gasteiger partial charge in [0.25, 0.3) is 0 Å². The fraction of sp³-hybridized carbons (Fsp3) is 0.571. The minimum absolute atomic E-state index is 0.402. The number of hydrogen-bond donors (Lipinski definition) is 2. The molecule has 0 saturated carbocycles. The van der Waals surface area contributed by atoms with Gasteiger partial charge in [0.15, 0.2) is 0 Å². The molecule has 0 radical (unpaired) electrons. The maximum Gasteiger partial charge on any atom is 0.316 e. The molecule has 0 spiro atoms. The van der Waals surface area contributed by atoms with Gasteiger partial charge >= 0.3 is 5.97 Å². The van der Waals surface area contributed by atoms with Crippen LogP contribution in [0.4, 0.5) is 0 Å². The van der Waals surface area contributed by atoms with Crippen molar-refractivity contribution in [1.82, 2.24) is 5.32 Å². The lowest BCUT2D eigenvalue weighted by Crippen LogP contribution is -2.42. The normalized spacial score (nSPS) is 13.1. The number of aryl methyl sites for hydroxylation is 1. The Hall–Kier alpha value is -1.36. The number of amides is 1. The molecule has 1 atom stereocenters. The van der Waals surface area contributed by atoms with Crippen molar-refractivity contribution in [2.45, 2.75) is 40.7 Å². The third-order valence-corrected chi connectivity index (χ3v) is 3.98. The molecular formula is C14H21NO3S. The predicted molar refractivity (Wildman–Crippen MR) is 76.1 cm³/mol. The Labute approximate surface area is 117 Å². The Kier molecular flexibility index (Phi) is 5.11. The molecule has 0 fully saturated rings. The Morgan fingerprint density at radius 3 is 2.53 bits per heavy atom. The van der Waals surface area contributed by atoms with Gasteiger partial charge in [-0.15, -0.1) is 11.3 Å². The Morgan fingerprint density at radius 1 is 1.42 bits per heavy atom. The lowest BCUT2D eigenvalue weighted by molar-refractivity contribution is -0.151. The van der Waals surface area contributed by atoms with E-state index < -0.39 is 23.2 Å². The molecule has 0 saturated heterocycles. The lowest BCUT2D eigenvalue weighted by Gasteiger charge is -2.25. The van der Waals surface area contributed by atoms with Crippen LogP contribution in [0.5, 0.6) is 0 Å². The van der Waals surface area contributed by atoms with E-state index in [0.717, 1.165) is 11.3 Å². The molecule has 0 aliphatic heterocycles. The van der Waals surface area contributed by atoms with Gasteiger partial charge < -0.3 is 10.4 Å². The molecule has 106 valence electrons. The van der Waals surface area contributed by atoms with Crippen LogP contribution in [-0.4, -0.2) is 17.0 Å². The molecule has 0 aliphatic rings. The lowest BCUT2D eigenvalue weighted by atomic mass is 9.80. The zero-order valence-electron chi connectivity index (χ0n) is 11.8. The van der Waals surface area contributed by atoms with Crippen molar-refractivity contribution in [3.8, 4) is 0 Å². The molecule has 1 aromatic rings. The van der Waals surface area contributed by atoms with Gasteiger partial charge in [-0.3, -0.25) is 9.59 Å². The summed E-state index contributed by atoms with van der Waals surface area (Å²) in [6.07, 6.45) is 0.913. The highest BCUT2D eigenvalue weighted by molar-refractivity contribution is 7.10. The van der Waals surface area contributed by atoms with E-state index in [1.165, 1.54) is 5.56 Å². The summed E-state index contributed by atoms with van der Waals surface area (Å²) in [5.41, 5.74) is 0.604. The van der Waals surface area contributed by atoms with E-state index in [0.29, 0.717) is 6.54 Å². The number of rotatable bonds is 5. The topological polar surface area (TPSA) is 66.4 Å². The molecule has 0 aromatic carbocycles. The average Bonchev–Trinajstić information content (AvgIpc) is 2.70. The smallest absolute Gasteiger partial charge is 0.316 e. The number of nitrogens with one attached hydrogen (secondary N) is 1. The number of thiophene rings is 1. The summed E-state index contributed by atoms with van der Waals surface area (Å²) in [5.74, 6) is -2.53. The summed E-state index contributed by atoms with van der Waals surface area (Å²) < 4.78 is 0. The van der Waals surface area contributed by atoms with Crippen LogP contribution >= 0.6 is 11.3 Å². The van der Waals surface area contributed by atoms with Gasteiger partial charge in [-0.25, -0.2) is 0 Å². The second-order valence-corrected chi connectivity index (χ2v) is 6.58. The standard InChI is InChI=1S/C14H21NO3S/c1-5-9-6-7-19-10(9)8-15-12(16)11(13(17)18)14(2,3)4/h6-7,11H,5,8H2,1-4H3,(H,15,16)(H,17,18). The summed E-state index contributed by atoms with van der Waals surface area (Å²) >= 11 is 1.58. The molecule has 1 unspecified atom stereocenters. The molecule has 1 amide bonds. The van der Waals surface area contributed by atoms with Crippen molar-refractivity contribution < 1.29 is 14.7 Å². The summed E-state index contributed by atoms with van der Waals surface area (Å²) in [7, 11) is 0. The average molecular weight is 283 g/mol. The van der Waals surface area contributed by atoms with Gasteiger partial charge in [0.05, 0.1) is 6.54 Å². The van der Waals surface area contributed by atoms with Gasteiger partial charge in [0.1, 0.15) is 5.92 Å². The van der Waals surface area contributed by atoms with Crippen LogP contribution < -0.4 is 5.32 Å². The van der Waals surface area contributed by atoms with Gasteiger partial charge in [-0.05, 0) is 28.8 Å². The highest BCUT2D eigenvalue weighted by Crippen LogP contribution is 2.26. The molecule has 0 aliphatic carbocycles. The molecule has 1 aromatic heterocycles. The van der Waals surface area contributed by atoms with E-state index >= 15 is 0 Å². The third kappa shape index (κ3) is 4.06. The maximum atomic E-state index is 12.0. The highest BCUT2D eigenvalue weighted by Gasteiger charge is 2.37. The molecular weight excluding hydrogens is 262 g/mol. The monoisotopic (exact) mass is 283 g/mol. The quantitative estimate of drug-likeness (QED) is 0.816. The van der Waals surface area contributed by atoms with Crippen LogP contribution in [-0.2, 0) is 22.6 Å². The summed E-state index contributed by atoms with van der Waals surface area (Å²) in [6.45, 7) is 7.73. The molecule has 5 heteroatoms. The second-order valence-electron chi connectivity index (χ2n) is 5.58. The Morgan fingerprint density at radius 2 is 2.05 bits per heavy atom. The number of carbonyl (C=O) groups is 2. The van der Waals surface area contributed by atoms with Crippen molar-refractivity contribution >= 4 is 23.2 Å². The molecule has 1 rings (SSSR count). The van der Waals surface area contributed by atoms with Crippen LogP contribution in [0.2, 0.25) is 0 Å². The first-order valence-corrected chi connectivity index (χ1v) is 7.21. The van der Waals surface area contributed by atoms with Gasteiger partial charge in [0, 0.05) is 4.88 Å². The van der Waals surface area contributed by atoms with Crippen molar-refractivity contribution in [3.63, 3.8) is 0 Å². The molecule has 2 N–H and O–H groups in total. The van der Waals surface area contributed by atoms with Crippen LogP contribution in [0, 0.1) is 11.3 Å². The molecule has 1 heterocycles. The van der Waals surface area contributed by atoms with E-state index in [4.69, 9.17) is 0 Å². The summed E-state index contributed by atoms with van der Waals surface area (Å²) in [4.78, 5) is 24.3. The van der Waals surface area contributed by atoms with E-state index in [9.17, 15) is 14.7 Å². The predicted octanol–water partition coefficient (Wildman–Crippen LogP) is 2.67. The fourth-order valence-electron chi connectivity index (χ4n) is 1.98. The number of aliphatic carboxylic acids is 1. The number of carbonyl (C=O) groups excluding carboxylic acids is 1. The van der Waals surface area contributed by atoms with Crippen LogP contribution in [0.15, 0.2) is 11.4 Å². The van der Waals surface area contributed by atoms with Gasteiger partial charge in [-0.1, -0.05) is 27.7 Å². The largest absolute Gasteiger partial charge is 0.481 e. The minimum Gasteiger partial charge on any atom is -0.481 e. The van der Waals surface area contributed by atoms with Crippen LogP contribution in [0.25, 0.3) is 0 Å². The first kappa shape index (κ1) is 15.7. The van der Waals surface area contributed by atoms with E-state index in [-0.39, 0.29) is 0 Å². The Balaban J connectivity index is 2.71. The summed E-state index contributed by atoms with van der Waals surface area (Å²) in [6, 6.07) is 2.03. The van der Waals surface area contributed by atoms with Gasteiger partial charge in [-0.2, -0.15) is 0 Å². The number of hydrogen-bond acceptors (Lipinski definition) is 3. The second kappa shape index (κ2) is 6.19. The molecule has 4 nitrogen and oxygen atoms in total. The highest BCUT2D eigenvalue weighted by atomic mass is 32.1. The molecule has 0 bridgehead atoms. The van der Waals surface area contributed by atoms with E-state index in [2.05, 4.69) is 12.2 Å². The number of carboxylic acids is 1. The minimum atomic E-state index is -1.08. The zero-order valence-corrected chi connectivity index (χ0v) is 12.6. The Bertz CT molecular complexity index is 460. The van der Waals surface area contributed by atoms with Crippen molar-refractivity contribution in [3.05, 3.63) is 21.9 Å². The van der Waals surface area contributed by atoms with Gasteiger partial charge in [0.2, 0.25) is 5.91 Å². The third-order valence-electron chi connectivity index (χ3n) is 3.02. The van der Waals surface area contributed by atoms with Crippen molar-refractivity contribution in [2.75, 3.05) is 0 Å². The van der Waals surface area contributed by atoms with Crippen molar-refractivity contribution in [2.24, 2.45) is 11.3 Å². The maximum absolute atomic E-state index is 12.0. The first-order chi connectivity index (χ1) is 8.77. The number of carboxylic acid groups (broad SMARTS) is 1. The van der Waals surface area contributed by atoms with Crippen molar-refractivity contribution in [1.29, 1.82) is 0 Å². The van der Waals surface area contributed by atoms with Crippen LogP contribution in [0.1, 0.15) is 38.1 Å². The summed E-state index contributed by atoms with van der Waals surface area (Å²) in [5, 5.41) is 13.9. The SMILES string of the molecule is CCc1ccsc1CNC(=O)C(C(=O)O)C(C)(C)C. The van der Waals surface area contributed by atoms with E-state index in [1.54, 1.807) is 32.1 Å². The first-order valence-electron chi connectivity index (χ1n) is 6.33. The van der Waals surface area contributed by atoms with E-state index in [1.807, 2.05) is 11.4 Å². The zero-order chi connectivity index (χ0) is 14.6. The van der Waals surface area contributed by atoms with Crippen LogP contribution in [0.3, 0.4) is 0 Å². The molecule has 19 heavy (non-hydrogen) atoms.